The highest BCUT2D eigenvalue weighted by Gasteiger charge is 2.29. The number of aromatic nitrogens is 2. The predicted molar refractivity (Wildman–Crippen MR) is 103 cm³/mol. The maximum atomic E-state index is 12.8. The fraction of sp³-hybridized carbons (Fsp3) is 0.526. The molecule has 1 fully saturated rings. The van der Waals surface area contributed by atoms with Crippen molar-refractivity contribution in [1.29, 1.82) is 0 Å². The highest BCUT2D eigenvalue weighted by Crippen LogP contribution is 2.28. The summed E-state index contributed by atoms with van der Waals surface area (Å²) in [5.41, 5.74) is 6.82. The van der Waals surface area contributed by atoms with Crippen molar-refractivity contribution in [2.45, 2.75) is 51.5 Å². The molecule has 1 aromatic carbocycles. The molecule has 1 aliphatic rings. The van der Waals surface area contributed by atoms with Gasteiger partial charge >= 0.3 is 0 Å². The summed E-state index contributed by atoms with van der Waals surface area (Å²) in [6.45, 7) is 6.67. The van der Waals surface area contributed by atoms with Gasteiger partial charge in [0.25, 0.3) is 11.8 Å². The van der Waals surface area contributed by atoms with E-state index in [4.69, 9.17) is 10.3 Å². The number of nitrogens with two attached hydrogens (primary N) is 1. The Kier molecular flexibility index (Phi) is 6.42. The molecule has 142 valence electrons. The second-order valence-corrected chi connectivity index (χ2v) is 7.73. The average molecular weight is 379 g/mol. The topological polar surface area (TPSA) is 94.0 Å². The second-order valence-electron chi connectivity index (χ2n) is 7.73. The van der Waals surface area contributed by atoms with Gasteiger partial charge in [-0.05, 0) is 37.4 Å². The monoisotopic (exact) mass is 378 g/mol. The highest BCUT2D eigenvalue weighted by atomic mass is 35.5. The van der Waals surface area contributed by atoms with E-state index < -0.39 is 0 Å². The zero-order valence-corrected chi connectivity index (χ0v) is 16.3. The van der Waals surface area contributed by atoms with Gasteiger partial charge in [-0.25, -0.2) is 0 Å². The molecule has 0 saturated heterocycles. The van der Waals surface area contributed by atoms with Gasteiger partial charge in [0.15, 0.2) is 5.82 Å². The van der Waals surface area contributed by atoms with E-state index >= 15 is 0 Å². The molecule has 6 nitrogen and oxygen atoms in total. The molecule has 3 N–H and O–H groups in total. The third-order valence-electron chi connectivity index (χ3n) is 4.78. The van der Waals surface area contributed by atoms with Crippen LogP contribution in [0.4, 0.5) is 0 Å². The van der Waals surface area contributed by atoms with Gasteiger partial charge in [0.2, 0.25) is 0 Å². The number of nitrogens with one attached hydrogen (secondary N) is 1. The van der Waals surface area contributed by atoms with Crippen LogP contribution in [0.15, 0.2) is 28.8 Å². The first kappa shape index (κ1) is 20.4. The summed E-state index contributed by atoms with van der Waals surface area (Å²) in [5, 5.41) is 7.19. The van der Waals surface area contributed by atoms with Crippen LogP contribution in [0.25, 0.3) is 11.5 Å². The molecule has 3 rings (SSSR count). The molecule has 1 saturated carbocycles. The van der Waals surface area contributed by atoms with Crippen molar-refractivity contribution in [2.24, 2.45) is 11.7 Å². The summed E-state index contributed by atoms with van der Waals surface area (Å²) in [7, 11) is 0. The van der Waals surface area contributed by atoms with Gasteiger partial charge in [-0.15, -0.1) is 12.4 Å². The number of hydrogen-bond donors (Lipinski definition) is 2. The zero-order chi connectivity index (χ0) is 18.0. The van der Waals surface area contributed by atoms with Gasteiger partial charge in [-0.1, -0.05) is 44.5 Å². The summed E-state index contributed by atoms with van der Waals surface area (Å²) < 4.78 is 5.42. The van der Waals surface area contributed by atoms with E-state index in [0.29, 0.717) is 35.3 Å². The van der Waals surface area contributed by atoms with E-state index in [1.165, 1.54) is 0 Å². The number of carbonyl (C=O) groups excluding carboxylic acids is 1. The SMILES string of the molecule is CC(C)(C)c1noc(-c2ccccc2C(=O)NC2CCCC2CN)n1.Cl. The van der Waals surface area contributed by atoms with E-state index in [9.17, 15) is 4.79 Å². The lowest BCUT2D eigenvalue weighted by Gasteiger charge is -2.20. The van der Waals surface area contributed by atoms with Crippen molar-refractivity contribution in [2.75, 3.05) is 6.54 Å². The molecule has 1 aliphatic carbocycles. The Morgan fingerprint density at radius 1 is 1.31 bits per heavy atom. The normalized spacial score (nSPS) is 19.8. The first-order valence-corrected chi connectivity index (χ1v) is 8.84. The first-order chi connectivity index (χ1) is 11.9. The molecule has 0 aliphatic heterocycles. The van der Waals surface area contributed by atoms with Gasteiger partial charge in [0.05, 0.1) is 11.1 Å². The summed E-state index contributed by atoms with van der Waals surface area (Å²) in [6.07, 6.45) is 3.15. The molecule has 2 atom stereocenters. The van der Waals surface area contributed by atoms with Crippen LogP contribution >= 0.6 is 12.4 Å². The number of amides is 1. The number of rotatable bonds is 4. The first-order valence-electron chi connectivity index (χ1n) is 8.84. The Morgan fingerprint density at radius 2 is 2.04 bits per heavy atom. The largest absolute Gasteiger partial charge is 0.349 e. The van der Waals surface area contributed by atoms with Crippen LogP contribution in [0.1, 0.15) is 56.2 Å². The lowest BCUT2D eigenvalue weighted by molar-refractivity contribution is 0.0929. The molecular formula is C19H27ClN4O2. The van der Waals surface area contributed by atoms with Gasteiger partial charge in [-0.3, -0.25) is 4.79 Å². The number of nitrogens with zero attached hydrogens (tertiary/aromatic N) is 2. The average Bonchev–Trinajstić information content (AvgIpc) is 3.23. The lowest BCUT2D eigenvalue weighted by Crippen LogP contribution is -2.40. The molecule has 0 bridgehead atoms. The molecule has 7 heteroatoms. The van der Waals surface area contributed by atoms with Crippen molar-refractivity contribution in [3.05, 3.63) is 35.7 Å². The van der Waals surface area contributed by atoms with Crippen molar-refractivity contribution in [1.82, 2.24) is 15.5 Å². The van der Waals surface area contributed by atoms with Gasteiger partial charge in [-0.2, -0.15) is 4.98 Å². The third-order valence-corrected chi connectivity index (χ3v) is 4.78. The van der Waals surface area contributed by atoms with Crippen molar-refractivity contribution >= 4 is 18.3 Å². The van der Waals surface area contributed by atoms with Crippen LogP contribution in [0.5, 0.6) is 0 Å². The highest BCUT2D eigenvalue weighted by molar-refractivity contribution is 6.00. The van der Waals surface area contributed by atoms with E-state index in [0.717, 1.165) is 19.3 Å². The maximum absolute atomic E-state index is 12.8. The van der Waals surface area contributed by atoms with E-state index in [1.54, 1.807) is 6.07 Å². The Balaban J connectivity index is 0.00000243. The Bertz CT molecular complexity index is 754. The molecule has 1 aromatic heterocycles. The zero-order valence-electron chi connectivity index (χ0n) is 15.5. The van der Waals surface area contributed by atoms with Crippen LogP contribution in [-0.2, 0) is 5.41 Å². The number of benzene rings is 1. The minimum absolute atomic E-state index is 0. The molecule has 0 spiro atoms. The molecular weight excluding hydrogens is 352 g/mol. The summed E-state index contributed by atoms with van der Waals surface area (Å²) in [5.74, 6) is 1.23. The van der Waals surface area contributed by atoms with Crippen LogP contribution in [0, 0.1) is 5.92 Å². The van der Waals surface area contributed by atoms with E-state index in [-0.39, 0.29) is 29.8 Å². The maximum Gasteiger partial charge on any atom is 0.258 e. The Hall–Kier alpha value is -1.92. The van der Waals surface area contributed by atoms with Crippen LogP contribution in [0.3, 0.4) is 0 Å². The van der Waals surface area contributed by atoms with Gasteiger partial charge < -0.3 is 15.6 Å². The van der Waals surface area contributed by atoms with Gasteiger partial charge in [0, 0.05) is 11.5 Å². The van der Waals surface area contributed by atoms with Crippen LogP contribution in [0.2, 0.25) is 0 Å². The minimum atomic E-state index is -0.211. The molecule has 0 radical (unpaired) electrons. The Labute approximate surface area is 160 Å². The predicted octanol–water partition coefficient (Wildman–Crippen LogP) is 3.31. The second kappa shape index (κ2) is 8.18. The summed E-state index contributed by atoms with van der Waals surface area (Å²) in [4.78, 5) is 17.3. The molecule has 1 amide bonds. The third kappa shape index (κ3) is 4.24. The van der Waals surface area contributed by atoms with Crippen molar-refractivity contribution in [3.8, 4) is 11.5 Å². The molecule has 1 heterocycles. The van der Waals surface area contributed by atoms with Crippen LogP contribution < -0.4 is 11.1 Å². The molecule has 2 aromatic rings. The van der Waals surface area contributed by atoms with E-state index in [1.807, 2.05) is 39.0 Å². The van der Waals surface area contributed by atoms with Crippen molar-refractivity contribution in [3.63, 3.8) is 0 Å². The van der Waals surface area contributed by atoms with Crippen LogP contribution in [-0.4, -0.2) is 28.6 Å². The number of carbonyl (C=O) groups is 1. The summed E-state index contributed by atoms with van der Waals surface area (Å²) in [6, 6.07) is 7.47. The Morgan fingerprint density at radius 3 is 2.69 bits per heavy atom. The standard InChI is InChI=1S/C19H26N4O2.ClH/c1-19(2,3)18-22-17(25-23-18)14-9-5-4-8-13(14)16(24)21-15-10-6-7-12(15)11-20;/h4-5,8-9,12,15H,6-7,10-11,20H2,1-3H3,(H,21,24);1H. The van der Waals surface area contributed by atoms with E-state index in [2.05, 4.69) is 15.5 Å². The number of halogens is 1. The molecule has 2 unspecified atom stereocenters. The summed E-state index contributed by atoms with van der Waals surface area (Å²) >= 11 is 0. The van der Waals surface area contributed by atoms with Gasteiger partial charge in [0.1, 0.15) is 0 Å². The minimum Gasteiger partial charge on any atom is -0.349 e. The smallest absolute Gasteiger partial charge is 0.258 e. The van der Waals surface area contributed by atoms with Crippen molar-refractivity contribution < 1.29 is 9.32 Å². The molecule has 26 heavy (non-hydrogen) atoms. The lowest BCUT2D eigenvalue weighted by atomic mass is 9.96. The fourth-order valence-corrected chi connectivity index (χ4v) is 3.26. The number of hydrogen-bond acceptors (Lipinski definition) is 5. The fourth-order valence-electron chi connectivity index (χ4n) is 3.26. The quantitative estimate of drug-likeness (QED) is 0.851.